The molecule has 102 valence electrons. The molecular formula is C13H18N4O2. The summed E-state index contributed by atoms with van der Waals surface area (Å²) < 4.78 is 5.07. The third-order valence-corrected chi connectivity index (χ3v) is 3.67. The van der Waals surface area contributed by atoms with Crippen molar-refractivity contribution in [2.24, 2.45) is 5.73 Å². The highest BCUT2D eigenvalue weighted by molar-refractivity contribution is 5.72. The predicted octanol–water partition coefficient (Wildman–Crippen LogP) is 0.0245. The molecule has 0 bridgehead atoms. The largest absolute Gasteiger partial charge is 0.417 e. The van der Waals surface area contributed by atoms with Crippen molar-refractivity contribution >= 4 is 11.1 Å². The number of piperazine rings is 1. The number of likely N-dealkylation sites (N-methyl/N-ethyl adjacent to an activating group) is 1. The van der Waals surface area contributed by atoms with E-state index in [1.165, 1.54) is 0 Å². The fraction of sp³-hybridized carbons (Fsp3) is 0.462. The van der Waals surface area contributed by atoms with Gasteiger partial charge in [0.25, 0.3) is 0 Å². The Kier molecular flexibility index (Phi) is 3.14. The molecule has 1 aliphatic rings. The zero-order valence-electron chi connectivity index (χ0n) is 10.8. The number of fused-ring (bicyclic) bond motifs is 1. The summed E-state index contributed by atoms with van der Waals surface area (Å²) in [6, 6.07) is 5.71. The van der Waals surface area contributed by atoms with Gasteiger partial charge in [-0.25, -0.2) is 4.79 Å². The van der Waals surface area contributed by atoms with Gasteiger partial charge in [0.1, 0.15) is 0 Å². The summed E-state index contributed by atoms with van der Waals surface area (Å²) in [4.78, 5) is 16.0. The topological polar surface area (TPSA) is 87.3 Å². The lowest BCUT2D eigenvalue weighted by Gasteiger charge is -2.34. The van der Waals surface area contributed by atoms with Gasteiger partial charge in [0, 0.05) is 31.7 Å². The van der Waals surface area contributed by atoms with Gasteiger partial charge in [-0.1, -0.05) is 6.07 Å². The van der Waals surface area contributed by atoms with Crippen LogP contribution in [0.4, 0.5) is 0 Å². The summed E-state index contributed by atoms with van der Waals surface area (Å²) in [5.74, 6) is -0.434. The van der Waals surface area contributed by atoms with Crippen molar-refractivity contribution in [1.29, 1.82) is 0 Å². The lowest BCUT2D eigenvalue weighted by atomic mass is 9.98. The van der Waals surface area contributed by atoms with Gasteiger partial charge in [-0.3, -0.25) is 4.98 Å². The number of nitrogens with two attached hydrogens (primary N) is 1. The summed E-state index contributed by atoms with van der Waals surface area (Å²) in [5.41, 5.74) is 8.55. The van der Waals surface area contributed by atoms with Crippen LogP contribution in [0.25, 0.3) is 11.1 Å². The van der Waals surface area contributed by atoms with Crippen LogP contribution in [0.2, 0.25) is 0 Å². The van der Waals surface area contributed by atoms with Gasteiger partial charge >= 0.3 is 5.76 Å². The van der Waals surface area contributed by atoms with Crippen LogP contribution < -0.4 is 16.8 Å². The van der Waals surface area contributed by atoms with Crippen LogP contribution in [-0.2, 0) is 0 Å². The van der Waals surface area contributed by atoms with Crippen molar-refractivity contribution in [3.8, 4) is 0 Å². The predicted molar refractivity (Wildman–Crippen MR) is 73.1 cm³/mol. The number of hydrogen-bond acceptors (Lipinski definition) is 5. The molecule has 19 heavy (non-hydrogen) atoms. The minimum atomic E-state index is -0.434. The first-order valence-electron chi connectivity index (χ1n) is 6.44. The van der Waals surface area contributed by atoms with Crippen molar-refractivity contribution in [2.45, 2.75) is 12.1 Å². The number of benzene rings is 1. The van der Waals surface area contributed by atoms with E-state index in [1.807, 2.05) is 18.2 Å². The Morgan fingerprint density at radius 3 is 3.16 bits per heavy atom. The van der Waals surface area contributed by atoms with Gasteiger partial charge < -0.3 is 20.4 Å². The van der Waals surface area contributed by atoms with Crippen molar-refractivity contribution in [3.05, 3.63) is 34.3 Å². The molecule has 0 radical (unpaired) electrons. The Hall–Kier alpha value is -1.63. The summed E-state index contributed by atoms with van der Waals surface area (Å²) in [5, 5.41) is 3.43. The van der Waals surface area contributed by atoms with Crippen LogP contribution in [0.1, 0.15) is 11.6 Å². The van der Waals surface area contributed by atoms with Crippen LogP contribution in [0, 0.1) is 0 Å². The van der Waals surface area contributed by atoms with E-state index in [2.05, 4.69) is 22.2 Å². The van der Waals surface area contributed by atoms with Crippen molar-refractivity contribution in [1.82, 2.24) is 15.2 Å². The number of nitrogens with one attached hydrogen (secondary N) is 2. The minimum absolute atomic E-state index is 0.118. The highest BCUT2D eigenvalue weighted by atomic mass is 16.4. The second-order valence-electron chi connectivity index (χ2n) is 5.12. The second kappa shape index (κ2) is 4.80. The number of rotatable bonds is 2. The summed E-state index contributed by atoms with van der Waals surface area (Å²) >= 11 is 0. The monoisotopic (exact) mass is 262 g/mol. The number of aromatic nitrogens is 1. The second-order valence-corrected chi connectivity index (χ2v) is 5.12. The highest BCUT2D eigenvalue weighted by Crippen LogP contribution is 2.20. The molecule has 1 aromatic heterocycles. The molecule has 1 aliphatic heterocycles. The molecule has 6 nitrogen and oxygen atoms in total. The Morgan fingerprint density at radius 2 is 2.37 bits per heavy atom. The lowest BCUT2D eigenvalue weighted by Crippen LogP contribution is -2.53. The fourth-order valence-corrected chi connectivity index (χ4v) is 2.57. The quantitative estimate of drug-likeness (QED) is 0.710. The normalized spacial score (nSPS) is 22.7. The van der Waals surface area contributed by atoms with E-state index in [1.54, 1.807) is 0 Å². The van der Waals surface area contributed by atoms with Crippen LogP contribution in [0.15, 0.2) is 27.4 Å². The number of hydrogen-bond donors (Lipinski definition) is 3. The van der Waals surface area contributed by atoms with Gasteiger partial charge in [0.2, 0.25) is 0 Å². The molecule has 2 atom stereocenters. The Morgan fingerprint density at radius 1 is 1.53 bits per heavy atom. The summed E-state index contributed by atoms with van der Waals surface area (Å²) in [6.07, 6.45) is 0. The molecule has 0 amide bonds. The number of H-pyrrole nitrogens is 1. The average Bonchev–Trinajstić information content (AvgIpc) is 2.76. The smallest absolute Gasteiger partial charge is 0.408 e. The zero-order valence-corrected chi connectivity index (χ0v) is 10.8. The number of aromatic amines is 1. The molecule has 2 heterocycles. The van der Waals surface area contributed by atoms with Gasteiger partial charge in [0.05, 0.1) is 5.52 Å². The van der Waals surface area contributed by atoms with Gasteiger partial charge in [-0.2, -0.15) is 0 Å². The van der Waals surface area contributed by atoms with Gasteiger partial charge in [-0.05, 0) is 24.7 Å². The standard InChI is InChI=1S/C13H18N4O2/c1-17-5-4-15-10(7-17)12(14)8-2-3-9-11(6-8)19-13(18)16-9/h2-3,6,10,12,15H,4-5,7,14H2,1H3,(H,16,18). The van der Waals surface area contributed by atoms with E-state index >= 15 is 0 Å². The summed E-state index contributed by atoms with van der Waals surface area (Å²) in [7, 11) is 2.09. The molecule has 0 spiro atoms. The molecule has 2 unspecified atom stereocenters. The molecule has 4 N–H and O–H groups in total. The molecule has 1 saturated heterocycles. The maximum absolute atomic E-state index is 11.1. The molecule has 0 aliphatic carbocycles. The molecule has 6 heteroatoms. The molecule has 2 aromatic rings. The van der Waals surface area contributed by atoms with E-state index in [0.717, 1.165) is 25.2 Å². The average molecular weight is 262 g/mol. The van der Waals surface area contributed by atoms with Crippen molar-refractivity contribution in [2.75, 3.05) is 26.7 Å². The molecular weight excluding hydrogens is 244 g/mol. The Balaban J connectivity index is 1.87. The first-order valence-corrected chi connectivity index (χ1v) is 6.44. The maximum atomic E-state index is 11.1. The van der Waals surface area contributed by atoms with Crippen molar-refractivity contribution in [3.63, 3.8) is 0 Å². The summed E-state index contributed by atoms with van der Waals surface area (Å²) in [6.45, 7) is 2.89. The highest BCUT2D eigenvalue weighted by Gasteiger charge is 2.24. The van der Waals surface area contributed by atoms with E-state index in [-0.39, 0.29) is 12.1 Å². The third-order valence-electron chi connectivity index (χ3n) is 3.67. The molecule has 3 rings (SSSR count). The first-order chi connectivity index (χ1) is 9.13. The lowest BCUT2D eigenvalue weighted by molar-refractivity contribution is 0.220. The molecule has 1 aromatic carbocycles. The van der Waals surface area contributed by atoms with Crippen LogP contribution in [0.3, 0.4) is 0 Å². The SMILES string of the molecule is CN1CCNC(C(N)c2ccc3[nH]c(=O)oc3c2)C1. The minimum Gasteiger partial charge on any atom is -0.408 e. The first kappa shape index (κ1) is 12.4. The third kappa shape index (κ3) is 2.42. The van der Waals surface area contributed by atoms with E-state index in [4.69, 9.17) is 10.2 Å². The van der Waals surface area contributed by atoms with Gasteiger partial charge in [-0.15, -0.1) is 0 Å². The van der Waals surface area contributed by atoms with Gasteiger partial charge in [0.15, 0.2) is 5.58 Å². The molecule has 0 saturated carbocycles. The van der Waals surface area contributed by atoms with E-state index in [9.17, 15) is 4.79 Å². The van der Waals surface area contributed by atoms with Crippen LogP contribution >= 0.6 is 0 Å². The van der Waals surface area contributed by atoms with Crippen LogP contribution in [-0.4, -0.2) is 42.6 Å². The maximum Gasteiger partial charge on any atom is 0.417 e. The number of oxazole rings is 1. The van der Waals surface area contributed by atoms with E-state index in [0.29, 0.717) is 11.1 Å². The van der Waals surface area contributed by atoms with E-state index < -0.39 is 5.76 Å². The Labute approximate surface area is 110 Å². The molecule has 1 fully saturated rings. The van der Waals surface area contributed by atoms with Crippen molar-refractivity contribution < 1.29 is 4.42 Å². The zero-order chi connectivity index (χ0) is 13.4. The number of nitrogens with zero attached hydrogens (tertiary/aromatic N) is 1. The fourth-order valence-electron chi connectivity index (χ4n) is 2.57. The van der Waals surface area contributed by atoms with Crippen LogP contribution in [0.5, 0.6) is 0 Å². The Bertz CT molecular complexity index is 633.